The highest BCUT2D eigenvalue weighted by Gasteiger charge is 2.09. The third kappa shape index (κ3) is 2.80. The number of anilines is 1. The number of ether oxygens (including phenoxy) is 1. The van der Waals surface area contributed by atoms with Gasteiger partial charge in [0, 0.05) is 17.1 Å². The summed E-state index contributed by atoms with van der Waals surface area (Å²) in [5.41, 5.74) is 3.53. The summed E-state index contributed by atoms with van der Waals surface area (Å²) >= 11 is 4.74. The van der Waals surface area contributed by atoms with Crippen LogP contribution in [0.25, 0.3) is 0 Å². The lowest BCUT2D eigenvalue weighted by Crippen LogP contribution is -1.92. The third-order valence-corrected chi connectivity index (χ3v) is 3.64. The van der Waals surface area contributed by atoms with E-state index in [1.807, 2.05) is 5.38 Å². The van der Waals surface area contributed by atoms with Crippen LogP contribution in [0, 0.1) is 0 Å². The van der Waals surface area contributed by atoms with Crippen LogP contribution in [0.4, 0.5) is 5.13 Å². The molecule has 2 N–H and O–H groups in total. The van der Waals surface area contributed by atoms with Gasteiger partial charge in [-0.2, -0.15) is 5.10 Å². The van der Waals surface area contributed by atoms with Gasteiger partial charge in [0.2, 0.25) is 5.13 Å². The van der Waals surface area contributed by atoms with Gasteiger partial charge in [-0.3, -0.25) is 5.43 Å². The van der Waals surface area contributed by atoms with Crippen LogP contribution in [0.5, 0.6) is 11.5 Å². The Hall–Kier alpha value is -1.60. The third-order valence-electron chi connectivity index (χ3n) is 2.13. The number of hydrogen-bond donors (Lipinski definition) is 2. The van der Waals surface area contributed by atoms with Crippen LogP contribution in [0.2, 0.25) is 0 Å². The quantitative estimate of drug-likeness (QED) is 0.669. The largest absolute Gasteiger partial charge is 0.503 e. The van der Waals surface area contributed by atoms with E-state index < -0.39 is 0 Å². The summed E-state index contributed by atoms with van der Waals surface area (Å²) in [7, 11) is 1.50. The smallest absolute Gasteiger partial charge is 0.203 e. The number of thiazole rings is 1. The Labute approximate surface area is 116 Å². The van der Waals surface area contributed by atoms with Crippen LogP contribution in [0.15, 0.2) is 33.3 Å². The first kappa shape index (κ1) is 12.8. The second-order valence-corrected chi connectivity index (χ2v) is 4.91. The molecule has 0 aliphatic rings. The Morgan fingerprint density at radius 1 is 1.56 bits per heavy atom. The molecule has 94 valence electrons. The number of hydrogen-bond acceptors (Lipinski definition) is 6. The number of benzene rings is 1. The maximum atomic E-state index is 9.80. The number of rotatable bonds is 4. The Kier molecular flexibility index (Phi) is 4.16. The summed E-state index contributed by atoms with van der Waals surface area (Å²) in [6.45, 7) is 0. The Morgan fingerprint density at radius 3 is 3.06 bits per heavy atom. The molecule has 0 spiro atoms. The number of hydrazone groups is 1. The second-order valence-electron chi connectivity index (χ2n) is 3.23. The van der Waals surface area contributed by atoms with Gasteiger partial charge in [0.25, 0.3) is 0 Å². The van der Waals surface area contributed by atoms with Gasteiger partial charge >= 0.3 is 0 Å². The Balaban J connectivity index is 2.14. The van der Waals surface area contributed by atoms with Crippen molar-refractivity contribution in [1.29, 1.82) is 0 Å². The molecule has 1 aromatic carbocycles. The van der Waals surface area contributed by atoms with Crippen molar-refractivity contribution >= 4 is 38.6 Å². The zero-order valence-electron chi connectivity index (χ0n) is 9.42. The lowest BCUT2D eigenvalue weighted by Gasteiger charge is -2.06. The molecule has 0 amide bonds. The van der Waals surface area contributed by atoms with E-state index in [9.17, 15) is 5.11 Å². The first-order chi connectivity index (χ1) is 8.72. The molecule has 0 aliphatic carbocycles. The summed E-state index contributed by atoms with van der Waals surface area (Å²) in [4.78, 5) is 4.03. The van der Waals surface area contributed by atoms with E-state index in [4.69, 9.17) is 4.74 Å². The fourth-order valence-electron chi connectivity index (χ4n) is 1.26. The van der Waals surface area contributed by atoms with Crippen molar-refractivity contribution in [3.8, 4) is 11.5 Å². The molecule has 2 rings (SSSR count). The lowest BCUT2D eigenvalue weighted by molar-refractivity contribution is 0.372. The molecule has 2 aromatic rings. The highest BCUT2D eigenvalue weighted by atomic mass is 79.9. The summed E-state index contributed by atoms with van der Waals surface area (Å²) in [6, 6.07) is 3.46. The fourth-order valence-corrected chi connectivity index (χ4v) is 2.17. The van der Waals surface area contributed by atoms with Gasteiger partial charge in [-0.25, -0.2) is 4.98 Å². The molecule has 0 bridgehead atoms. The standard InChI is InChI=1S/C11H10BrN3O2S/c1-17-8-3-2-7(9(12)10(8)16)6-14-15-11-13-4-5-18-11/h2-6,16H,1H3,(H,13,15)/b14-6+. The van der Waals surface area contributed by atoms with Gasteiger partial charge in [0.15, 0.2) is 11.5 Å². The van der Waals surface area contributed by atoms with Crippen LogP contribution < -0.4 is 10.2 Å². The number of nitrogens with one attached hydrogen (secondary N) is 1. The number of aromatic nitrogens is 1. The van der Waals surface area contributed by atoms with Crippen molar-refractivity contribution in [2.45, 2.75) is 0 Å². The van der Waals surface area contributed by atoms with Gasteiger partial charge in [-0.15, -0.1) is 11.3 Å². The van der Waals surface area contributed by atoms with Crippen molar-refractivity contribution in [3.63, 3.8) is 0 Å². The Morgan fingerprint density at radius 2 is 2.39 bits per heavy atom. The van der Waals surface area contributed by atoms with Gasteiger partial charge in [-0.1, -0.05) is 0 Å². The van der Waals surface area contributed by atoms with Crippen LogP contribution in [0.3, 0.4) is 0 Å². The van der Waals surface area contributed by atoms with E-state index in [1.165, 1.54) is 18.4 Å². The maximum absolute atomic E-state index is 9.80. The van der Waals surface area contributed by atoms with Gasteiger partial charge in [0.1, 0.15) is 0 Å². The fraction of sp³-hybridized carbons (Fsp3) is 0.0909. The molecule has 1 aromatic heterocycles. The molecule has 1 heterocycles. The van der Waals surface area contributed by atoms with E-state index in [1.54, 1.807) is 24.5 Å². The molecule has 5 nitrogen and oxygen atoms in total. The zero-order valence-corrected chi connectivity index (χ0v) is 11.8. The van der Waals surface area contributed by atoms with Crippen molar-refractivity contribution in [2.75, 3.05) is 12.5 Å². The number of halogens is 1. The normalized spacial score (nSPS) is 10.8. The monoisotopic (exact) mass is 327 g/mol. The maximum Gasteiger partial charge on any atom is 0.203 e. The van der Waals surface area contributed by atoms with Crippen LogP contribution in [0.1, 0.15) is 5.56 Å². The van der Waals surface area contributed by atoms with E-state index in [0.717, 1.165) is 5.56 Å². The molecule has 0 radical (unpaired) electrons. The molecule has 0 unspecified atom stereocenters. The van der Waals surface area contributed by atoms with Crippen LogP contribution in [-0.4, -0.2) is 23.4 Å². The van der Waals surface area contributed by atoms with E-state index in [-0.39, 0.29) is 5.75 Å². The zero-order chi connectivity index (χ0) is 13.0. The minimum Gasteiger partial charge on any atom is -0.503 e. The number of methoxy groups -OCH3 is 1. The topological polar surface area (TPSA) is 66.7 Å². The highest BCUT2D eigenvalue weighted by Crippen LogP contribution is 2.35. The van der Waals surface area contributed by atoms with Crippen molar-refractivity contribution < 1.29 is 9.84 Å². The number of phenols is 1. The summed E-state index contributed by atoms with van der Waals surface area (Å²) in [6.07, 6.45) is 3.28. The summed E-state index contributed by atoms with van der Waals surface area (Å²) in [5, 5.41) is 16.4. The van der Waals surface area contributed by atoms with E-state index >= 15 is 0 Å². The SMILES string of the molecule is COc1ccc(/C=N/Nc2nccs2)c(Br)c1O. The Bertz CT molecular complexity index is 558. The number of aromatic hydroxyl groups is 1. The summed E-state index contributed by atoms with van der Waals surface area (Å²) in [5.74, 6) is 0.461. The van der Waals surface area contributed by atoms with Crippen molar-refractivity contribution in [1.82, 2.24) is 4.98 Å². The van der Waals surface area contributed by atoms with E-state index in [0.29, 0.717) is 15.4 Å². The predicted octanol–water partition coefficient (Wildman–Crippen LogP) is 3.07. The highest BCUT2D eigenvalue weighted by molar-refractivity contribution is 9.10. The molecule has 0 fully saturated rings. The number of nitrogens with zero attached hydrogens (tertiary/aromatic N) is 2. The first-order valence-corrected chi connectivity index (χ1v) is 6.63. The number of phenolic OH excluding ortho intramolecular Hbond substituents is 1. The van der Waals surface area contributed by atoms with Crippen LogP contribution >= 0.6 is 27.3 Å². The van der Waals surface area contributed by atoms with E-state index in [2.05, 4.69) is 31.4 Å². The molecular weight excluding hydrogens is 318 g/mol. The average Bonchev–Trinajstić information content (AvgIpc) is 2.88. The molecule has 0 saturated carbocycles. The molecular formula is C11H10BrN3O2S. The predicted molar refractivity (Wildman–Crippen MR) is 75.7 cm³/mol. The average molecular weight is 328 g/mol. The van der Waals surface area contributed by atoms with Crippen molar-refractivity contribution in [2.24, 2.45) is 5.10 Å². The van der Waals surface area contributed by atoms with Crippen LogP contribution in [-0.2, 0) is 0 Å². The first-order valence-electron chi connectivity index (χ1n) is 4.96. The minimum atomic E-state index is 0.0516. The van der Waals surface area contributed by atoms with Crippen molar-refractivity contribution in [3.05, 3.63) is 33.7 Å². The second kappa shape index (κ2) is 5.83. The van der Waals surface area contributed by atoms with Gasteiger partial charge in [0.05, 0.1) is 17.8 Å². The molecule has 0 aliphatic heterocycles. The molecule has 0 atom stereocenters. The van der Waals surface area contributed by atoms with Gasteiger partial charge < -0.3 is 9.84 Å². The molecule has 0 saturated heterocycles. The molecule has 18 heavy (non-hydrogen) atoms. The summed E-state index contributed by atoms with van der Waals surface area (Å²) < 4.78 is 5.53. The molecule has 7 heteroatoms. The lowest BCUT2D eigenvalue weighted by atomic mass is 10.2. The minimum absolute atomic E-state index is 0.0516. The van der Waals surface area contributed by atoms with Gasteiger partial charge in [-0.05, 0) is 28.1 Å².